The molecule has 0 amide bonds. The third kappa shape index (κ3) is 3.66. The zero-order chi connectivity index (χ0) is 22.4. The third-order valence-corrected chi connectivity index (χ3v) is 5.75. The van der Waals surface area contributed by atoms with Crippen LogP contribution in [0.5, 0.6) is 0 Å². The molecule has 166 valence electrons. The number of aromatic nitrogens is 6. The monoisotopic (exact) mass is 441 g/mol. The van der Waals surface area contributed by atoms with Gasteiger partial charge in [-0.15, -0.1) is 0 Å². The number of nitrogens with zero attached hydrogens (tertiary/aromatic N) is 7. The second-order valence-corrected chi connectivity index (χ2v) is 8.22. The lowest BCUT2D eigenvalue weighted by molar-refractivity contribution is 0.122. The lowest BCUT2D eigenvalue weighted by Crippen LogP contribution is -2.37. The SMILES string of the molecule is Cc1cccc(-c2ccn(-c3cc(N4CCOCC4)n4nc(-c5cc(C)no5)cc4n3)n2)c1. The van der Waals surface area contributed by atoms with Crippen LogP contribution in [0, 0.1) is 13.8 Å². The van der Waals surface area contributed by atoms with E-state index in [1.54, 1.807) is 0 Å². The standard InChI is InChI=1S/C24H23N7O2/c1-16-4-3-5-18(12-16)19-6-7-30(26-19)22-15-24(29-8-10-32-11-9-29)31-23(25-22)14-20(27-31)21-13-17(2)28-33-21/h3-7,12-15H,8-11H2,1-2H3. The average Bonchev–Trinajstić information content (AvgIpc) is 3.58. The Bertz CT molecular complexity index is 1440. The Hall–Kier alpha value is -3.98. The first-order chi connectivity index (χ1) is 16.1. The maximum atomic E-state index is 5.56. The summed E-state index contributed by atoms with van der Waals surface area (Å²) in [5.74, 6) is 2.28. The Morgan fingerprint density at radius 1 is 0.909 bits per heavy atom. The van der Waals surface area contributed by atoms with Gasteiger partial charge in [-0.3, -0.25) is 0 Å². The number of morpholine rings is 1. The van der Waals surface area contributed by atoms with Gasteiger partial charge in [0.1, 0.15) is 11.5 Å². The summed E-state index contributed by atoms with van der Waals surface area (Å²) in [6, 6.07) is 16.1. The van der Waals surface area contributed by atoms with Gasteiger partial charge in [0.15, 0.2) is 17.2 Å². The van der Waals surface area contributed by atoms with Crippen LogP contribution in [-0.4, -0.2) is 55.8 Å². The van der Waals surface area contributed by atoms with E-state index in [1.165, 1.54) is 5.56 Å². The number of ether oxygens (including phenoxy) is 1. The zero-order valence-corrected chi connectivity index (χ0v) is 18.5. The molecule has 4 aromatic heterocycles. The molecule has 0 spiro atoms. The van der Waals surface area contributed by atoms with E-state index in [2.05, 4.69) is 35.2 Å². The Morgan fingerprint density at radius 3 is 2.58 bits per heavy atom. The van der Waals surface area contributed by atoms with Crippen molar-refractivity contribution < 1.29 is 9.26 Å². The van der Waals surface area contributed by atoms with E-state index >= 15 is 0 Å². The topological polar surface area (TPSA) is 86.5 Å². The van der Waals surface area contributed by atoms with Crippen molar-refractivity contribution >= 4 is 11.5 Å². The minimum atomic E-state index is 0.619. The maximum Gasteiger partial charge on any atom is 0.187 e. The molecule has 0 radical (unpaired) electrons. The van der Waals surface area contributed by atoms with E-state index in [9.17, 15) is 0 Å². The van der Waals surface area contributed by atoms with Crippen molar-refractivity contribution in [2.45, 2.75) is 13.8 Å². The molecule has 1 aliphatic heterocycles. The first-order valence-corrected chi connectivity index (χ1v) is 10.9. The molecule has 0 aliphatic carbocycles. The van der Waals surface area contributed by atoms with Crippen molar-refractivity contribution in [3.8, 4) is 28.5 Å². The third-order valence-electron chi connectivity index (χ3n) is 5.75. The number of hydrogen-bond acceptors (Lipinski definition) is 7. The van der Waals surface area contributed by atoms with Crippen LogP contribution in [0.2, 0.25) is 0 Å². The Kier molecular flexibility index (Phi) is 4.69. The lowest BCUT2D eigenvalue weighted by atomic mass is 10.1. The minimum Gasteiger partial charge on any atom is -0.378 e. The van der Waals surface area contributed by atoms with E-state index < -0.39 is 0 Å². The fraction of sp³-hybridized carbons (Fsp3) is 0.250. The van der Waals surface area contributed by atoms with Crippen LogP contribution in [0.25, 0.3) is 34.2 Å². The summed E-state index contributed by atoms with van der Waals surface area (Å²) >= 11 is 0. The predicted molar refractivity (Wildman–Crippen MR) is 124 cm³/mol. The second-order valence-electron chi connectivity index (χ2n) is 8.22. The molecule has 0 atom stereocenters. The van der Waals surface area contributed by atoms with Gasteiger partial charge in [-0.25, -0.2) is 9.67 Å². The Morgan fingerprint density at radius 2 is 1.79 bits per heavy atom. The first-order valence-electron chi connectivity index (χ1n) is 10.9. The van der Waals surface area contributed by atoms with Gasteiger partial charge < -0.3 is 14.2 Å². The molecule has 5 aromatic rings. The normalized spacial score (nSPS) is 14.3. The average molecular weight is 441 g/mol. The number of hydrogen-bond donors (Lipinski definition) is 0. The van der Waals surface area contributed by atoms with E-state index in [0.717, 1.165) is 41.7 Å². The highest BCUT2D eigenvalue weighted by Gasteiger charge is 2.20. The minimum absolute atomic E-state index is 0.619. The van der Waals surface area contributed by atoms with Gasteiger partial charge in [0, 0.05) is 43.0 Å². The van der Waals surface area contributed by atoms with Crippen molar-refractivity contribution in [1.82, 2.24) is 29.5 Å². The van der Waals surface area contributed by atoms with Crippen LogP contribution in [0.3, 0.4) is 0 Å². The van der Waals surface area contributed by atoms with Gasteiger partial charge >= 0.3 is 0 Å². The Balaban J connectivity index is 1.47. The molecule has 0 bridgehead atoms. The molecule has 1 saturated heterocycles. The van der Waals surface area contributed by atoms with Crippen LogP contribution in [0.4, 0.5) is 5.82 Å². The highest BCUT2D eigenvalue weighted by Crippen LogP contribution is 2.26. The molecule has 6 rings (SSSR count). The van der Waals surface area contributed by atoms with Crippen molar-refractivity contribution in [3.05, 3.63) is 66.0 Å². The molecule has 33 heavy (non-hydrogen) atoms. The van der Waals surface area contributed by atoms with Crippen LogP contribution >= 0.6 is 0 Å². The van der Waals surface area contributed by atoms with Crippen molar-refractivity contribution in [2.75, 3.05) is 31.2 Å². The van der Waals surface area contributed by atoms with Gasteiger partial charge in [0.2, 0.25) is 0 Å². The molecular weight excluding hydrogens is 418 g/mol. The number of fused-ring (bicyclic) bond motifs is 1. The number of benzene rings is 1. The van der Waals surface area contributed by atoms with E-state index in [1.807, 2.05) is 52.6 Å². The summed E-state index contributed by atoms with van der Waals surface area (Å²) < 4.78 is 14.7. The van der Waals surface area contributed by atoms with Crippen molar-refractivity contribution in [1.29, 1.82) is 0 Å². The highest BCUT2D eigenvalue weighted by atomic mass is 16.5. The molecule has 0 unspecified atom stereocenters. The first kappa shape index (κ1) is 19.7. The highest BCUT2D eigenvalue weighted by molar-refractivity contribution is 5.64. The molecular formula is C24H23N7O2. The molecule has 0 N–H and O–H groups in total. The summed E-state index contributed by atoms with van der Waals surface area (Å²) in [6.45, 7) is 6.88. The molecule has 9 nitrogen and oxygen atoms in total. The number of anilines is 1. The molecule has 0 saturated carbocycles. The predicted octanol–water partition coefficient (Wildman–Crippen LogP) is 3.69. The van der Waals surface area contributed by atoms with E-state index in [-0.39, 0.29) is 0 Å². The van der Waals surface area contributed by atoms with Crippen LogP contribution in [0.1, 0.15) is 11.3 Å². The molecule has 9 heteroatoms. The van der Waals surface area contributed by atoms with Crippen molar-refractivity contribution in [3.63, 3.8) is 0 Å². The van der Waals surface area contributed by atoms with Gasteiger partial charge in [0.05, 0.1) is 24.6 Å². The summed E-state index contributed by atoms with van der Waals surface area (Å²) in [7, 11) is 0. The number of aryl methyl sites for hydroxylation is 2. The van der Waals surface area contributed by atoms with Crippen LogP contribution in [0.15, 0.2) is 59.3 Å². The zero-order valence-electron chi connectivity index (χ0n) is 18.5. The fourth-order valence-electron chi connectivity index (χ4n) is 4.10. The van der Waals surface area contributed by atoms with Gasteiger partial charge in [-0.1, -0.05) is 28.9 Å². The van der Waals surface area contributed by atoms with Crippen LogP contribution < -0.4 is 4.90 Å². The lowest BCUT2D eigenvalue weighted by Gasteiger charge is -2.29. The van der Waals surface area contributed by atoms with Crippen molar-refractivity contribution in [2.24, 2.45) is 0 Å². The van der Waals surface area contributed by atoms with Gasteiger partial charge in [-0.05, 0) is 26.0 Å². The molecule has 5 heterocycles. The van der Waals surface area contributed by atoms with Crippen LogP contribution in [-0.2, 0) is 4.74 Å². The summed E-state index contributed by atoms with van der Waals surface area (Å²) in [6.07, 6.45) is 1.94. The smallest absolute Gasteiger partial charge is 0.187 e. The van der Waals surface area contributed by atoms with E-state index in [4.69, 9.17) is 24.4 Å². The fourth-order valence-corrected chi connectivity index (χ4v) is 4.10. The largest absolute Gasteiger partial charge is 0.378 e. The van der Waals surface area contributed by atoms with Gasteiger partial charge in [0.25, 0.3) is 0 Å². The summed E-state index contributed by atoms with van der Waals surface area (Å²) in [5, 5.41) is 13.6. The molecule has 1 aromatic carbocycles. The summed E-state index contributed by atoms with van der Waals surface area (Å²) in [4.78, 5) is 7.12. The van der Waals surface area contributed by atoms with E-state index in [0.29, 0.717) is 30.3 Å². The molecule has 1 fully saturated rings. The quantitative estimate of drug-likeness (QED) is 0.420. The molecule has 1 aliphatic rings. The number of rotatable bonds is 4. The summed E-state index contributed by atoms with van der Waals surface area (Å²) in [5.41, 5.74) is 5.39. The maximum absolute atomic E-state index is 5.56. The Labute approximate surface area is 190 Å². The van der Waals surface area contributed by atoms with Gasteiger partial charge in [-0.2, -0.15) is 14.7 Å². The second kappa shape index (κ2) is 7.86.